The number of carbonyl (C=O) groups is 2. The highest BCUT2D eigenvalue weighted by Gasteiger charge is 2.32. The molecule has 0 aromatic carbocycles. The van der Waals surface area contributed by atoms with Gasteiger partial charge in [0.25, 0.3) is 0 Å². The summed E-state index contributed by atoms with van der Waals surface area (Å²) < 4.78 is 1.97. The van der Waals surface area contributed by atoms with Crippen molar-refractivity contribution >= 4 is 17.8 Å². The van der Waals surface area contributed by atoms with Crippen LogP contribution in [-0.4, -0.2) is 32.6 Å². The molecule has 2 N–H and O–H groups in total. The Balaban J connectivity index is 1.72. The number of aromatic nitrogens is 3. The van der Waals surface area contributed by atoms with E-state index in [-0.39, 0.29) is 17.7 Å². The lowest BCUT2D eigenvalue weighted by Crippen LogP contribution is -2.47. The fourth-order valence-electron chi connectivity index (χ4n) is 3.50. The van der Waals surface area contributed by atoms with Crippen molar-refractivity contribution in [2.45, 2.75) is 64.5 Å². The van der Waals surface area contributed by atoms with Crippen molar-refractivity contribution in [3.05, 3.63) is 5.82 Å². The number of anilines is 1. The maximum Gasteiger partial charge on any atom is 0.249 e. The minimum Gasteiger partial charge on any atom is -0.344 e. The van der Waals surface area contributed by atoms with Gasteiger partial charge in [0, 0.05) is 19.9 Å². The maximum absolute atomic E-state index is 12.6. The summed E-state index contributed by atoms with van der Waals surface area (Å²) in [4.78, 5) is 24.0. The molecule has 0 radical (unpaired) electrons. The minimum absolute atomic E-state index is 0.171. The molecule has 0 spiro atoms. The topological polar surface area (TPSA) is 88.9 Å². The predicted octanol–water partition coefficient (Wildman–Crippen LogP) is 1.25. The van der Waals surface area contributed by atoms with Gasteiger partial charge in [-0.15, -0.1) is 10.2 Å². The lowest BCUT2D eigenvalue weighted by Gasteiger charge is -2.23. The molecule has 2 amide bonds. The van der Waals surface area contributed by atoms with Crippen LogP contribution in [0, 0.1) is 5.92 Å². The van der Waals surface area contributed by atoms with Crippen molar-refractivity contribution < 1.29 is 9.59 Å². The standard InChI is InChI=1S/C15H23N5O2/c1-10(21)16-13(11-6-2-3-7-11)14(22)17-15-19-18-12-8-4-5-9-20(12)15/h11,13H,2-9H2,1H3,(H,16,21)(H,17,19,22)/t13-/m0/s1. The Kier molecular flexibility index (Phi) is 4.40. The number of rotatable bonds is 4. The highest BCUT2D eigenvalue weighted by Crippen LogP contribution is 2.28. The van der Waals surface area contributed by atoms with Crippen LogP contribution in [0.3, 0.4) is 0 Å². The van der Waals surface area contributed by atoms with Gasteiger partial charge in [-0.3, -0.25) is 19.5 Å². The number of hydrogen-bond donors (Lipinski definition) is 2. The molecule has 2 aliphatic rings. The van der Waals surface area contributed by atoms with E-state index >= 15 is 0 Å². The number of aryl methyl sites for hydroxylation is 1. The molecule has 0 unspecified atom stereocenters. The molecule has 22 heavy (non-hydrogen) atoms. The van der Waals surface area contributed by atoms with Crippen molar-refractivity contribution in [2.24, 2.45) is 5.92 Å². The van der Waals surface area contributed by atoms with Gasteiger partial charge in [-0.25, -0.2) is 0 Å². The first-order chi connectivity index (χ1) is 10.6. The fourth-order valence-corrected chi connectivity index (χ4v) is 3.50. The number of carbonyl (C=O) groups excluding carboxylic acids is 2. The second-order valence-corrected chi connectivity index (χ2v) is 6.26. The van der Waals surface area contributed by atoms with Crippen LogP contribution in [0.25, 0.3) is 0 Å². The van der Waals surface area contributed by atoms with Crippen molar-refractivity contribution in [3.63, 3.8) is 0 Å². The normalized spacial score (nSPS) is 19.5. The van der Waals surface area contributed by atoms with Crippen LogP contribution in [0.15, 0.2) is 0 Å². The van der Waals surface area contributed by atoms with E-state index in [1.165, 1.54) is 6.92 Å². The van der Waals surface area contributed by atoms with E-state index in [1.54, 1.807) is 0 Å². The van der Waals surface area contributed by atoms with Crippen molar-refractivity contribution in [1.82, 2.24) is 20.1 Å². The molecule has 7 heteroatoms. The molecule has 1 saturated carbocycles. The van der Waals surface area contributed by atoms with Gasteiger partial charge in [-0.2, -0.15) is 0 Å². The molecule has 1 atom stereocenters. The Labute approximate surface area is 129 Å². The van der Waals surface area contributed by atoms with Crippen molar-refractivity contribution in [1.29, 1.82) is 0 Å². The zero-order chi connectivity index (χ0) is 15.5. The molecule has 3 rings (SSSR count). The molecule has 0 bridgehead atoms. The smallest absolute Gasteiger partial charge is 0.249 e. The highest BCUT2D eigenvalue weighted by atomic mass is 16.2. The van der Waals surface area contributed by atoms with Crippen LogP contribution >= 0.6 is 0 Å². The summed E-state index contributed by atoms with van der Waals surface area (Å²) >= 11 is 0. The van der Waals surface area contributed by atoms with Gasteiger partial charge in [0.15, 0.2) is 0 Å². The first kappa shape index (κ1) is 15.0. The van der Waals surface area contributed by atoms with Crippen LogP contribution in [-0.2, 0) is 22.6 Å². The average Bonchev–Trinajstić information content (AvgIpc) is 3.15. The second kappa shape index (κ2) is 6.46. The summed E-state index contributed by atoms with van der Waals surface area (Å²) in [7, 11) is 0. The van der Waals surface area contributed by atoms with Crippen LogP contribution in [0.4, 0.5) is 5.95 Å². The highest BCUT2D eigenvalue weighted by molar-refractivity contribution is 5.96. The summed E-state index contributed by atoms with van der Waals surface area (Å²) in [5.41, 5.74) is 0. The number of nitrogens with one attached hydrogen (secondary N) is 2. The number of amides is 2. The molecule has 1 fully saturated rings. The van der Waals surface area contributed by atoms with E-state index in [0.717, 1.165) is 57.3 Å². The minimum atomic E-state index is -0.475. The Hall–Kier alpha value is -1.92. The molecule has 7 nitrogen and oxygen atoms in total. The molecule has 0 saturated heterocycles. The maximum atomic E-state index is 12.6. The zero-order valence-electron chi connectivity index (χ0n) is 13.0. The van der Waals surface area contributed by atoms with Crippen molar-refractivity contribution in [2.75, 3.05) is 5.32 Å². The van der Waals surface area contributed by atoms with Crippen LogP contribution in [0.1, 0.15) is 51.3 Å². The summed E-state index contributed by atoms with van der Waals surface area (Å²) in [5, 5.41) is 13.9. The predicted molar refractivity (Wildman–Crippen MR) is 81.2 cm³/mol. The summed E-state index contributed by atoms with van der Waals surface area (Å²) in [5.74, 6) is 1.30. The largest absolute Gasteiger partial charge is 0.344 e. The molecule has 1 aromatic rings. The Bertz CT molecular complexity index is 562. The van der Waals surface area contributed by atoms with Gasteiger partial charge in [-0.05, 0) is 31.6 Å². The summed E-state index contributed by atoms with van der Waals surface area (Å²) in [6, 6.07) is -0.475. The Morgan fingerprint density at radius 1 is 1.18 bits per heavy atom. The zero-order valence-corrected chi connectivity index (χ0v) is 13.0. The van der Waals surface area contributed by atoms with Gasteiger partial charge in [0.1, 0.15) is 11.9 Å². The molecule has 1 aromatic heterocycles. The van der Waals surface area contributed by atoms with E-state index < -0.39 is 6.04 Å². The molecule has 120 valence electrons. The monoisotopic (exact) mass is 305 g/mol. The SMILES string of the molecule is CC(=O)N[C@H](C(=O)Nc1nnc2n1CCCC2)C1CCCC1. The second-order valence-electron chi connectivity index (χ2n) is 6.26. The fraction of sp³-hybridized carbons (Fsp3) is 0.733. The van der Waals surface area contributed by atoms with E-state index in [9.17, 15) is 9.59 Å². The van der Waals surface area contributed by atoms with Crippen LogP contribution in [0.5, 0.6) is 0 Å². The Morgan fingerprint density at radius 2 is 1.95 bits per heavy atom. The van der Waals surface area contributed by atoms with Gasteiger partial charge in [0.2, 0.25) is 17.8 Å². The quantitative estimate of drug-likeness (QED) is 0.876. The number of hydrogen-bond acceptors (Lipinski definition) is 4. The van der Waals surface area contributed by atoms with E-state index in [4.69, 9.17) is 0 Å². The number of fused-ring (bicyclic) bond motifs is 1. The molecular formula is C15H23N5O2. The summed E-state index contributed by atoms with van der Waals surface area (Å²) in [6.07, 6.45) is 7.30. The number of nitrogens with zero attached hydrogens (tertiary/aromatic N) is 3. The van der Waals surface area contributed by atoms with Crippen LogP contribution < -0.4 is 10.6 Å². The lowest BCUT2D eigenvalue weighted by atomic mass is 9.97. The summed E-state index contributed by atoms with van der Waals surface area (Å²) in [6.45, 7) is 2.29. The first-order valence-electron chi connectivity index (χ1n) is 8.15. The van der Waals surface area contributed by atoms with Crippen LogP contribution in [0.2, 0.25) is 0 Å². The first-order valence-corrected chi connectivity index (χ1v) is 8.15. The van der Waals surface area contributed by atoms with Gasteiger partial charge in [-0.1, -0.05) is 12.8 Å². The average molecular weight is 305 g/mol. The third-order valence-electron chi connectivity index (χ3n) is 4.61. The molecule has 1 aliphatic carbocycles. The van der Waals surface area contributed by atoms with E-state index in [0.29, 0.717) is 5.95 Å². The van der Waals surface area contributed by atoms with E-state index in [2.05, 4.69) is 20.8 Å². The third-order valence-corrected chi connectivity index (χ3v) is 4.61. The Morgan fingerprint density at radius 3 is 2.68 bits per heavy atom. The van der Waals surface area contributed by atoms with Gasteiger partial charge in [0.05, 0.1) is 0 Å². The van der Waals surface area contributed by atoms with E-state index in [1.807, 2.05) is 4.57 Å². The van der Waals surface area contributed by atoms with Gasteiger partial charge < -0.3 is 5.32 Å². The molecular weight excluding hydrogens is 282 g/mol. The molecule has 1 aliphatic heterocycles. The molecule has 2 heterocycles. The van der Waals surface area contributed by atoms with Crippen molar-refractivity contribution in [3.8, 4) is 0 Å². The lowest BCUT2D eigenvalue weighted by molar-refractivity contribution is -0.126. The van der Waals surface area contributed by atoms with Gasteiger partial charge >= 0.3 is 0 Å². The third kappa shape index (κ3) is 3.13.